The Kier molecular flexibility index (Phi) is 3.83. The summed E-state index contributed by atoms with van der Waals surface area (Å²) in [5.74, 6) is -0.242. The summed E-state index contributed by atoms with van der Waals surface area (Å²) in [7, 11) is 0. The standard InChI is InChI=1S/C10H12O3S/c1-7(2)10(12)13-14-9-5-3-4-8(11)6-9/h3-7,11H,1-2H3. The van der Waals surface area contributed by atoms with E-state index >= 15 is 0 Å². The van der Waals surface area contributed by atoms with E-state index in [9.17, 15) is 4.79 Å². The molecule has 4 heteroatoms. The van der Waals surface area contributed by atoms with Gasteiger partial charge in [-0.1, -0.05) is 19.9 Å². The van der Waals surface area contributed by atoms with Crippen molar-refractivity contribution in [3.05, 3.63) is 24.3 Å². The van der Waals surface area contributed by atoms with Gasteiger partial charge in [-0.05, 0) is 18.2 Å². The molecule has 1 aromatic rings. The van der Waals surface area contributed by atoms with E-state index in [1.54, 1.807) is 32.0 Å². The molecule has 0 bridgehead atoms. The van der Waals surface area contributed by atoms with Crippen LogP contribution in [0.4, 0.5) is 0 Å². The van der Waals surface area contributed by atoms with Crippen LogP contribution >= 0.6 is 12.0 Å². The van der Waals surface area contributed by atoms with E-state index in [0.717, 1.165) is 12.0 Å². The molecule has 1 rings (SSSR count). The van der Waals surface area contributed by atoms with Gasteiger partial charge in [-0.15, -0.1) is 0 Å². The third kappa shape index (κ3) is 3.30. The second-order valence-corrected chi connectivity index (χ2v) is 3.94. The molecule has 1 aromatic carbocycles. The highest BCUT2D eigenvalue weighted by Crippen LogP contribution is 2.23. The summed E-state index contributed by atoms with van der Waals surface area (Å²) in [5, 5.41) is 9.13. The molecule has 0 atom stereocenters. The van der Waals surface area contributed by atoms with Gasteiger partial charge < -0.3 is 9.29 Å². The van der Waals surface area contributed by atoms with Crippen molar-refractivity contribution in [2.45, 2.75) is 18.7 Å². The smallest absolute Gasteiger partial charge is 0.320 e. The number of carbonyl (C=O) groups is 1. The zero-order valence-corrected chi connectivity index (χ0v) is 8.88. The summed E-state index contributed by atoms with van der Waals surface area (Å²) in [4.78, 5) is 11.8. The van der Waals surface area contributed by atoms with E-state index in [0.29, 0.717) is 4.90 Å². The van der Waals surface area contributed by atoms with Crippen molar-refractivity contribution in [3.8, 4) is 5.75 Å². The van der Waals surface area contributed by atoms with Crippen LogP contribution in [0.1, 0.15) is 13.8 Å². The van der Waals surface area contributed by atoms with Gasteiger partial charge in [-0.2, -0.15) is 0 Å². The quantitative estimate of drug-likeness (QED) is 0.782. The Bertz CT molecular complexity index is 323. The SMILES string of the molecule is CC(C)C(=O)OSc1cccc(O)c1. The van der Waals surface area contributed by atoms with Crippen molar-refractivity contribution in [1.82, 2.24) is 0 Å². The van der Waals surface area contributed by atoms with Crippen LogP contribution in [0.3, 0.4) is 0 Å². The highest BCUT2D eigenvalue weighted by Gasteiger charge is 2.09. The zero-order valence-electron chi connectivity index (χ0n) is 8.06. The van der Waals surface area contributed by atoms with Gasteiger partial charge in [0, 0.05) is 0 Å². The summed E-state index contributed by atoms with van der Waals surface area (Å²) in [5.41, 5.74) is 0. The number of hydrogen-bond acceptors (Lipinski definition) is 4. The first-order chi connectivity index (χ1) is 6.59. The minimum absolute atomic E-state index is 0.139. The molecular weight excluding hydrogens is 200 g/mol. The third-order valence-corrected chi connectivity index (χ3v) is 2.20. The lowest BCUT2D eigenvalue weighted by Gasteiger charge is -2.04. The van der Waals surface area contributed by atoms with Crippen LogP contribution in [0, 0.1) is 5.92 Å². The molecule has 0 aliphatic rings. The topological polar surface area (TPSA) is 46.5 Å². The van der Waals surface area contributed by atoms with Crippen molar-refractivity contribution in [2.24, 2.45) is 5.92 Å². The van der Waals surface area contributed by atoms with Crippen LogP contribution < -0.4 is 0 Å². The van der Waals surface area contributed by atoms with E-state index in [2.05, 4.69) is 0 Å². The molecule has 1 N–H and O–H groups in total. The van der Waals surface area contributed by atoms with Crippen LogP contribution in [-0.2, 0) is 8.98 Å². The van der Waals surface area contributed by atoms with Crippen LogP contribution in [0.5, 0.6) is 5.75 Å². The van der Waals surface area contributed by atoms with Gasteiger partial charge in [0.15, 0.2) is 0 Å². The van der Waals surface area contributed by atoms with Crippen LogP contribution in [0.15, 0.2) is 29.2 Å². The average molecular weight is 212 g/mol. The highest BCUT2D eigenvalue weighted by molar-refractivity contribution is 7.95. The van der Waals surface area contributed by atoms with Crippen molar-refractivity contribution in [3.63, 3.8) is 0 Å². The Morgan fingerprint density at radius 1 is 1.50 bits per heavy atom. The molecule has 3 nitrogen and oxygen atoms in total. The lowest BCUT2D eigenvalue weighted by molar-refractivity contribution is -0.136. The van der Waals surface area contributed by atoms with Crippen molar-refractivity contribution in [2.75, 3.05) is 0 Å². The van der Waals surface area contributed by atoms with Crippen molar-refractivity contribution < 1.29 is 14.1 Å². The van der Waals surface area contributed by atoms with Crippen LogP contribution in [-0.4, -0.2) is 11.1 Å². The zero-order chi connectivity index (χ0) is 10.6. The van der Waals surface area contributed by atoms with E-state index in [1.165, 1.54) is 6.07 Å². The summed E-state index contributed by atoms with van der Waals surface area (Å²) in [6.07, 6.45) is 0. The minimum Gasteiger partial charge on any atom is -0.508 e. The number of aromatic hydroxyl groups is 1. The molecule has 0 aliphatic heterocycles. The molecule has 0 saturated carbocycles. The second-order valence-electron chi connectivity index (χ2n) is 3.14. The number of hydrogen-bond donors (Lipinski definition) is 1. The van der Waals surface area contributed by atoms with Gasteiger partial charge in [0.1, 0.15) is 5.75 Å². The van der Waals surface area contributed by atoms with E-state index in [4.69, 9.17) is 9.29 Å². The normalized spacial score (nSPS) is 10.2. The largest absolute Gasteiger partial charge is 0.508 e. The van der Waals surface area contributed by atoms with Gasteiger partial charge in [-0.3, -0.25) is 4.79 Å². The molecule has 0 heterocycles. The predicted octanol–water partition coefficient (Wildman–Crippen LogP) is 2.60. The third-order valence-electron chi connectivity index (χ3n) is 1.51. The predicted molar refractivity (Wildman–Crippen MR) is 54.9 cm³/mol. The van der Waals surface area contributed by atoms with E-state index in [1.807, 2.05) is 0 Å². The van der Waals surface area contributed by atoms with Crippen LogP contribution in [0.2, 0.25) is 0 Å². The minimum atomic E-state index is -0.265. The first-order valence-corrected chi connectivity index (χ1v) is 5.01. The number of rotatable bonds is 3. The average Bonchev–Trinajstić information content (AvgIpc) is 2.14. The molecule has 0 radical (unpaired) electrons. The molecular formula is C10H12O3S. The van der Waals surface area contributed by atoms with Gasteiger partial charge in [-0.25, -0.2) is 0 Å². The van der Waals surface area contributed by atoms with E-state index < -0.39 is 0 Å². The Hall–Kier alpha value is -1.16. The fraction of sp³-hybridized carbons (Fsp3) is 0.300. The van der Waals surface area contributed by atoms with E-state index in [-0.39, 0.29) is 17.6 Å². The Morgan fingerprint density at radius 2 is 2.21 bits per heavy atom. The Balaban J connectivity index is 2.50. The molecule has 14 heavy (non-hydrogen) atoms. The second kappa shape index (κ2) is 4.91. The summed E-state index contributed by atoms with van der Waals surface area (Å²) in [6, 6.07) is 6.56. The first kappa shape index (κ1) is 10.9. The molecule has 0 amide bonds. The number of phenols is 1. The lowest BCUT2D eigenvalue weighted by atomic mass is 10.2. The number of phenolic OH excluding ortho intramolecular Hbond substituents is 1. The number of carbonyl (C=O) groups excluding carboxylic acids is 1. The lowest BCUT2D eigenvalue weighted by Crippen LogP contribution is -2.06. The van der Waals surface area contributed by atoms with Gasteiger partial charge in [0.25, 0.3) is 0 Å². The maximum Gasteiger partial charge on any atom is 0.320 e. The maximum atomic E-state index is 11.1. The molecule has 0 spiro atoms. The maximum absolute atomic E-state index is 11.1. The summed E-state index contributed by atoms with van der Waals surface area (Å²) in [6.45, 7) is 3.54. The fourth-order valence-corrected chi connectivity index (χ4v) is 1.39. The van der Waals surface area contributed by atoms with Gasteiger partial charge >= 0.3 is 5.97 Å². The summed E-state index contributed by atoms with van der Waals surface area (Å²) >= 11 is 0.961. The highest BCUT2D eigenvalue weighted by atomic mass is 32.2. The monoisotopic (exact) mass is 212 g/mol. The van der Waals surface area contributed by atoms with Crippen molar-refractivity contribution in [1.29, 1.82) is 0 Å². The molecule has 0 aromatic heterocycles. The molecule has 76 valence electrons. The van der Waals surface area contributed by atoms with Gasteiger partial charge in [0.2, 0.25) is 0 Å². The Labute approximate surface area is 87.3 Å². The molecule has 0 fully saturated rings. The van der Waals surface area contributed by atoms with Gasteiger partial charge in [0.05, 0.1) is 22.9 Å². The molecule has 0 aliphatic carbocycles. The first-order valence-electron chi connectivity index (χ1n) is 4.27. The van der Waals surface area contributed by atoms with Crippen molar-refractivity contribution >= 4 is 18.0 Å². The van der Waals surface area contributed by atoms with Crippen LogP contribution in [0.25, 0.3) is 0 Å². The fourth-order valence-electron chi connectivity index (χ4n) is 0.721. The molecule has 0 saturated heterocycles. The number of benzene rings is 1. The summed E-state index contributed by atoms with van der Waals surface area (Å²) < 4.78 is 4.91. The molecule has 0 unspecified atom stereocenters. The Morgan fingerprint density at radius 3 is 2.79 bits per heavy atom.